The Hall–Kier alpha value is -2.91. The molecule has 0 atom stereocenters. The molecule has 0 amide bonds. The van der Waals surface area contributed by atoms with Crippen molar-refractivity contribution in [1.29, 1.82) is 5.26 Å². The van der Waals surface area contributed by atoms with Gasteiger partial charge in [0.1, 0.15) is 17.8 Å². The zero-order chi connectivity index (χ0) is 16.9. The van der Waals surface area contributed by atoms with Gasteiger partial charge in [-0.25, -0.2) is 9.97 Å². The number of aromatic amines is 1. The second kappa shape index (κ2) is 5.30. The smallest absolute Gasteiger partial charge is 0.145 e. The molecule has 3 aromatic rings. The fraction of sp³-hybridized carbons (Fsp3) is 0.316. The van der Waals surface area contributed by atoms with E-state index in [2.05, 4.69) is 37.3 Å². The van der Waals surface area contributed by atoms with Crippen molar-refractivity contribution in [2.75, 3.05) is 24.5 Å². The number of aromatic nitrogens is 3. The fourth-order valence-electron chi connectivity index (χ4n) is 4.46. The molecule has 4 heterocycles. The molecule has 0 radical (unpaired) electrons. The predicted octanol–water partition coefficient (Wildman–Crippen LogP) is 2.60. The highest BCUT2D eigenvalue weighted by molar-refractivity contribution is 5.91. The highest BCUT2D eigenvalue weighted by Gasteiger charge is 2.46. The van der Waals surface area contributed by atoms with Gasteiger partial charge in [-0.05, 0) is 44.1 Å². The van der Waals surface area contributed by atoms with Crippen LogP contribution in [0, 0.1) is 11.3 Å². The van der Waals surface area contributed by atoms with E-state index in [1.807, 2.05) is 24.4 Å². The average molecular weight is 330 g/mol. The Balaban J connectivity index is 1.74. The maximum Gasteiger partial charge on any atom is 0.145 e. The van der Waals surface area contributed by atoms with E-state index < -0.39 is 0 Å². The zero-order valence-electron chi connectivity index (χ0n) is 13.8. The van der Waals surface area contributed by atoms with Crippen molar-refractivity contribution in [2.45, 2.75) is 18.3 Å². The molecule has 1 fully saturated rings. The van der Waals surface area contributed by atoms with Gasteiger partial charge in [0.15, 0.2) is 0 Å². The molecule has 0 bridgehead atoms. The van der Waals surface area contributed by atoms with Crippen LogP contribution in [-0.4, -0.2) is 34.6 Å². The van der Waals surface area contributed by atoms with Crippen LogP contribution in [0.3, 0.4) is 0 Å². The number of anilines is 2. The predicted molar refractivity (Wildman–Crippen MR) is 95.8 cm³/mol. The number of nitrogens with one attached hydrogen (secondary N) is 2. The van der Waals surface area contributed by atoms with Gasteiger partial charge in [0, 0.05) is 29.4 Å². The van der Waals surface area contributed by atoms with Gasteiger partial charge in [-0.1, -0.05) is 6.07 Å². The van der Waals surface area contributed by atoms with E-state index in [0.717, 1.165) is 60.6 Å². The van der Waals surface area contributed by atoms with E-state index >= 15 is 0 Å². The molecule has 25 heavy (non-hydrogen) atoms. The van der Waals surface area contributed by atoms with Crippen LogP contribution in [0.2, 0.25) is 0 Å². The molecule has 124 valence electrons. The number of hydrogen-bond donors (Lipinski definition) is 2. The minimum atomic E-state index is 0.0144. The van der Waals surface area contributed by atoms with Crippen LogP contribution >= 0.6 is 0 Å². The molecule has 6 nitrogen and oxygen atoms in total. The first-order chi connectivity index (χ1) is 12.3. The number of benzene rings is 1. The van der Waals surface area contributed by atoms with Gasteiger partial charge < -0.3 is 15.2 Å². The quantitative estimate of drug-likeness (QED) is 0.717. The fourth-order valence-corrected chi connectivity index (χ4v) is 4.46. The van der Waals surface area contributed by atoms with Crippen molar-refractivity contribution in [3.63, 3.8) is 0 Å². The maximum absolute atomic E-state index is 9.70. The van der Waals surface area contributed by atoms with Crippen LogP contribution in [0.25, 0.3) is 11.0 Å². The molecular weight excluding hydrogens is 312 g/mol. The van der Waals surface area contributed by atoms with Crippen LogP contribution in [0.4, 0.5) is 11.5 Å². The number of H-pyrrole nitrogens is 1. The van der Waals surface area contributed by atoms with Gasteiger partial charge in [0.25, 0.3) is 0 Å². The van der Waals surface area contributed by atoms with Crippen LogP contribution < -0.4 is 10.2 Å². The van der Waals surface area contributed by atoms with Crippen molar-refractivity contribution in [1.82, 2.24) is 20.3 Å². The summed E-state index contributed by atoms with van der Waals surface area (Å²) in [6.45, 7) is 2.83. The molecule has 0 aliphatic carbocycles. The average Bonchev–Trinajstić information content (AvgIpc) is 3.26. The normalized spacial score (nSPS) is 18.4. The largest absolute Gasteiger partial charge is 0.346 e. The van der Waals surface area contributed by atoms with Crippen LogP contribution in [-0.2, 0) is 5.41 Å². The topological polar surface area (TPSA) is 80.6 Å². The van der Waals surface area contributed by atoms with Crippen molar-refractivity contribution >= 4 is 22.5 Å². The Kier molecular flexibility index (Phi) is 3.06. The van der Waals surface area contributed by atoms with E-state index in [0.29, 0.717) is 0 Å². The summed E-state index contributed by atoms with van der Waals surface area (Å²) in [7, 11) is 0. The third kappa shape index (κ3) is 1.99. The monoisotopic (exact) mass is 330 g/mol. The molecule has 2 aromatic heterocycles. The lowest BCUT2D eigenvalue weighted by molar-refractivity contribution is 0.329. The first-order valence-electron chi connectivity index (χ1n) is 8.62. The summed E-state index contributed by atoms with van der Waals surface area (Å²) in [5, 5.41) is 14.2. The van der Waals surface area contributed by atoms with Gasteiger partial charge >= 0.3 is 0 Å². The van der Waals surface area contributed by atoms with E-state index in [1.165, 1.54) is 5.56 Å². The number of nitriles is 1. The molecule has 1 saturated heterocycles. The molecule has 6 heteroatoms. The Morgan fingerprint density at radius 3 is 2.88 bits per heavy atom. The highest BCUT2D eigenvalue weighted by Crippen LogP contribution is 2.50. The summed E-state index contributed by atoms with van der Waals surface area (Å²) in [6.07, 6.45) is 5.58. The third-order valence-electron chi connectivity index (χ3n) is 5.59. The molecule has 2 aliphatic heterocycles. The van der Waals surface area contributed by atoms with Gasteiger partial charge in [-0.15, -0.1) is 0 Å². The standard InChI is InChI=1S/C19H18N6/c20-10-13-2-1-3-15-16(13)19(5-8-21-9-6-19)11-25(15)18-14-4-7-22-17(14)23-12-24-18/h1-4,7,12,21H,5-6,8-9,11H2,(H,22,23,24). The number of piperidine rings is 1. The van der Waals surface area contributed by atoms with Crippen molar-refractivity contribution in [2.24, 2.45) is 0 Å². The van der Waals surface area contributed by atoms with E-state index in [9.17, 15) is 5.26 Å². The van der Waals surface area contributed by atoms with Gasteiger partial charge in [-0.3, -0.25) is 0 Å². The Labute approximate surface area is 145 Å². The second-order valence-electron chi connectivity index (χ2n) is 6.87. The van der Waals surface area contributed by atoms with Crippen LogP contribution in [0.1, 0.15) is 24.0 Å². The lowest BCUT2D eigenvalue weighted by Gasteiger charge is -2.35. The Bertz CT molecular complexity index is 993. The SMILES string of the molecule is N#Cc1cccc2c1C1(CCNCC1)CN2c1ncnc2[nH]ccc12. The maximum atomic E-state index is 9.70. The van der Waals surface area contributed by atoms with Crippen molar-refractivity contribution in [3.8, 4) is 6.07 Å². The van der Waals surface area contributed by atoms with Crippen molar-refractivity contribution in [3.05, 3.63) is 47.9 Å². The van der Waals surface area contributed by atoms with Crippen LogP contribution in [0.15, 0.2) is 36.8 Å². The Morgan fingerprint density at radius 2 is 2.04 bits per heavy atom. The summed E-state index contributed by atoms with van der Waals surface area (Å²) < 4.78 is 0. The number of fused-ring (bicyclic) bond motifs is 3. The lowest BCUT2D eigenvalue weighted by Crippen LogP contribution is -2.42. The number of nitrogens with zero attached hydrogens (tertiary/aromatic N) is 4. The van der Waals surface area contributed by atoms with Gasteiger partial charge in [-0.2, -0.15) is 5.26 Å². The first-order valence-corrected chi connectivity index (χ1v) is 8.62. The van der Waals surface area contributed by atoms with Gasteiger partial charge in [0.05, 0.1) is 17.0 Å². The summed E-state index contributed by atoms with van der Waals surface area (Å²) in [5.74, 6) is 0.915. The Morgan fingerprint density at radius 1 is 1.16 bits per heavy atom. The molecule has 0 unspecified atom stereocenters. The second-order valence-corrected chi connectivity index (χ2v) is 6.87. The summed E-state index contributed by atoms with van der Waals surface area (Å²) in [4.78, 5) is 14.3. The van der Waals surface area contributed by atoms with Gasteiger partial charge in [0.2, 0.25) is 0 Å². The molecule has 1 aromatic carbocycles. The minimum Gasteiger partial charge on any atom is -0.346 e. The summed E-state index contributed by atoms with van der Waals surface area (Å²) >= 11 is 0. The van der Waals surface area contributed by atoms with E-state index in [1.54, 1.807) is 6.33 Å². The van der Waals surface area contributed by atoms with Crippen LogP contribution in [0.5, 0.6) is 0 Å². The summed E-state index contributed by atoms with van der Waals surface area (Å²) in [6, 6.07) is 10.5. The number of rotatable bonds is 1. The summed E-state index contributed by atoms with van der Waals surface area (Å²) in [5.41, 5.74) is 3.96. The molecule has 2 N–H and O–H groups in total. The molecular formula is C19H18N6. The van der Waals surface area contributed by atoms with E-state index in [-0.39, 0.29) is 5.41 Å². The first kappa shape index (κ1) is 14.4. The zero-order valence-corrected chi connectivity index (χ0v) is 13.8. The highest BCUT2D eigenvalue weighted by atomic mass is 15.2. The molecule has 5 rings (SSSR count). The lowest BCUT2D eigenvalue weighted by atomic mass is 9.73. The molecule has 2 aliphatic rings. The van der Waals surface area contributed by atoms with E-state index in [4.69, 9.17) is 0 Å². The number of hydrogen-bond acceptors (Lipinski definition) is 5. The third-order valence-corrected chi connectivity index (χ3v) is 5.59. The minimum absolute atomic E-state index is 0.0144. The molecule has 1 spiro atoms. The van der Waals surface area contributed by atoms with Crippen molar-refractivity contribution < 1.29 is 0 Å². The molecule has 0 saturated carbocycles.